The second kappa shape index (κ2) is 7.65. The molecule has 0 bridgehead atoms. The van der Waals surface area contributed by atoms with E-state index < -0.39 is 34.2 Å². The molecule has 2 aromatic rings. The van der Waals surface area contributed by atoms with Crippen LogP contribution in [0.15, 0.2) is 53.4 Å². The number of alkyl halides is 3. The Kier molecular flexibility index (Phi) is 5.94. The van der Waals surface area contributed by atoms with Crippen molar-refractivity contribution in [3.63, 3.8) is 0 Å². The smallest absolute Gasteiger partial charge is 0.325 e. The number of nitrogens with one attached hydrogen (secondary N) is 1. The number of carbonyl (C=O) groups is 1. The van der Waals surface area contributed by atoms with Crippen LogP contribution in [0, 0.1) is 0 Å². The first-order valence-corrected chi connectivity index (χ1v) is 9.01. The minimum Gasteiger partial charge on any atom is -0.325 e. The highest BCUT2D eigenvalue weighted by molar-refractivity contribution is 7.89. The van der Waals surface area contributed by atoms with Crippen LogP contribution in [0.5, 0.6) is 0 Å². The Morgan fingerprint density at radius 1 is 1.08 bits per heavy atom. The highest BCUT2D eigenvalue weighted by atomic mass is 35.5. The topological polar surface area (TPSA) is 66.5 Å². The Morgan fingerprint density at radius 2 is 1.62 bits per heavy atom. The summed E-state index contributed by atoms with van der Waals surface area (Å²) in [6.45, 7) is -0.508. The second-order valence-electron chi connectivity index (χ2n) is 5.34. The molecule has 0 aliphatic heterocycles. The number of sulfonamides is 1. The monoisotopic (exact) mass is 406 g/mol. The molecule has 0 fully saturated rings. The first kappa shape index (κ1) is 20.2. The van der Waals surface area contributed by atoms with Crippen LogP contribution in [0.4, 0.5) is 18.9 Å². The molecule has 10 heteroatoms. The summed E-state index contributed by atoms with van der Waals surface area (Å²) in [6, 6.07) is 9.26. The molecule has 0 atom stereocenters. The van der Waals surface area contributed by atoms with Crippen molar-refractivity contribution in [2.45, 2.75) is 11.1 Å². The normalized spacial score (nSPS) is 12.2. The summed E-state index contributed by atoms with van der Waals surface area (Å²) in [6.07, 6.45) is -4.48. The lowest BCUT2D eigenvalue weighted by Crippen LogP contribution is -2.34. The molecule has 0 heterocycles. The first-order valence-electron chi connectivity index (χ1n) is 7.19. The van der Waals surface area contributed by atoms with Crippen molar-refractivity contribution in [2.24, 2.45) is 0 Å². The van der Waals surface area contributed by atoms with Crippen molar-refractivity contribution in [1.82, 2.24) is 4.31 Å². The van der Waals surface area contributed by atoms with Gasteiger partial charge in [-0.3, -0.25) is 4.79 Å². The molecule has 0 spiro atoms. The minimum atomic E-state index is -4.48. The average molecular weight is 407 g/mol. The fraction of sp³-hybridized carbons (Fsp3) is 0.188. The Morgan fingerprint density at radius 3 is 2.12 bits per heavy atom. The summed E-state index contributed by atoms with van der Waals surface area (Å²) in [4.78, 5) is 11.9. The molecule has 0 saturated carbocycles. The van der Waals surface area contributed by atoms with Gasteiger partial charge in [0.25, 0.3) is 0 Å². The summed E-state index contributed by atoms with van der Waals surface area (Å²) in [5.74, 6) is -0.690. The number of amides is 1. The van der Waals surface area contributed by atoms with Gasteiger partial charge in [0.15, 0.2) is 0 Å². The van der Waals surface area contributed by atoms with E-state index in [-0.39, 0.29) is 10.6 Å². The Labute approximate surface area is 153 Å². The van der Waals surface area contributed by atoms with Crippen LogP contribution in [0.2, 0.25) is 5.02 Å². The predicted octanol–water partition coefficient (Wildman–Crippen LogP) is 3.62. The van der Waals surface area contributed by atoms with Gasteiger partial charge >= 0.3 is 6.18 Å². The number of hydrogen-bond donors (Lipinski definition) is 1. The Balaban J connectivity index is 2.03. The summed E-state index contributed by atoms with van der Waals surface area (Å²) in [7, 11) is -2.69. The molecular formula is C16H14ClF3N2O3S. The van der Waals surface area contributed by atoms with Crippen molar-refractivity contribution in [1.29, 1.82) is 0 Å². The van der Waals surface area contributed by atoms with Crippen LogP contribution in [0.25, 0.3) is 0 Å². The van der Waals surface area contributed by atoms with Gasteiger partial charge < -0.3 is 5.32 Å². The van der Waals surface area contributed by atoms with E-state index in [9.17, 15) is 26.4 Å². The van der Waals surface area contributed by atoms with E-state index in [4.69, 9.17) is 11.6 Å². The van der Waals surface area contributed by atoms with Crippen molar-refractivity contribution in [3.05, 3.63) is 59.1 Å². The third kappa shape index (κ3) is 4.96. The maximum atomic E-state index is 12.5. The lowest BCUT2D eigenvalue weighted by atomic mass is 10.2. The molecule has 2 aromatic carbocycles. The van der Waals surface area contributed by atoms with Gasteiger partial charge in [-0.2, -0.15) is 17.5 Å². The number of anilines is 1. The van der Waals surface area contributed by atoms with E-state index >= 15 is 0 Å². The molecule has 0 saturated heterocycles. The number of nitrogens with zero attached hydrogens (tertiary/aromatic N) is 1. The predicted molar refractivity (Wildman–Crippen MR) is 91.3 cm³/mol. The number of halogens is 4. The first-order chi connectivity index (χ1) is 12.0. The minimum absolute atomic E-state index is 0.0354. The average Bonchev–Trinajstić information content (AvgIpc) is 2.54. The zero-order chi connectivity index (χ0) is 19.5. The largest absolute Gasteiger partial charge is 0.416 e. The molecule has 5 nitrogen and oxygen atoms in total. The molecule has 26 heavy (non-hydrogen) atoms. The van der Waals surface area contributed by atoms with E-state index in [1.165, 1.54) is 31.3 Å². The molecule has 0 aliphatic carbocycles. The quantitative estimate of drug-likeness (QED) is 0.824. The van der Waals surface area contributed by atoms with Gasteiger partial charge in [-0.25, -0.2) is 8.42 Å². The van der Waals surface area contributed by atoms with Gasteiger partial charge in [0.1, 0.15) is 0 Å². The van der Waals surface area contributed by atoms with Gasteiger partial charge in [0.2, 0.25) is 15.9 Å². The van der Waals surface area contributed by atoms with E-state index in [2.05, 4.69) is 5.32 Å². The third-order valence-corrected chi connectivity index (χ3v) is 5.45. The molecule has 0 aromatic heterocycles. The number of hydrogen-bond acceptors (Lipinski definition) is 3. The van der Waals surface area contributed by atoms with E-state index in [0.29, 0.717) is 5.02 Å². The highest BCUT2D eigenvalue weighted by Gasteiger charge is 2.30. The van der Waals surface area contributed by atoms with Crippen LogP contribution in [-0.2, 0) is 21.0 Å². The Hall–Kier alpha value is -2.10. The van der Waals surface area contributed by atoms with Gasteiger partial charge in [-0.1, -0.05) is 11.6 Å². The van der Waals surface area contributed by atoms with Crippen LogP contribution in [-0.4, -0.2) is 32.2 Å². The summed E-state index contributed by atoms with van der Waals surface area (Å²) >= 11 is 5.71. The zero-order valence-corrected chi connectivity index (χ0v) is 15.0. The van der Waals surface area contributed by atoms with Gasteiger partial charge in [0.05, 0.1) is 17.0 Å². The maximum absolute atomic E-state index is 12.5. The maximum Gasteiger partial charge on any atom is 0.416 e. The van der Waals surface area contributed by atoms with Crippen molar-refractivity contribution in [2.75, 3.05) is 18.9 Å². The molecule has 1 N–H and O–H groups in total. The fourth-order valence-corrected chi connectivity index (χ4v) is 3.27. The Bertz CT molecular complexity index is 882. The van der Waals surface area contributed by atoms with Gasteiger partial charge in [-0.05, 0) is 48.5 Å². The fourth-order valence-electron chi connectivity index (χ4n) is 2.02. The van der Waals surface area contributed by atoms with Crippen LogP contribution < -0.4 is 5.32 Å². The van der Waals surface area contributed by atoms with Crippen LogP contribution >= 0.6 is 11.6 Å². The SMILES string of the molecule is CN(CC(=O)Nc1ccc(C(F)(F)F)cc1)S(=O)(=O)c1ccc(Cl)cc1. The second-order valence-corrected chi connectivity index (χ2v) is 7.82. The summed E-state index contributed by atoms with van der Waals surface area (Å²) in [5.41, 5.74) is -0.724. The molecular weight excluding hydrogens is 393 g/mol. The molecule has 2 rings (SSSR count). The summed E-state index contributed by atoms with van der Waals surface area (Å²) < 4.78 is 63.1. The van der Waals surface area contributed by atoms with E-state index in [0.717, 1.165) is 28.6 Å². The lowest BCUT2D eigenvalue weighted by molar-refractivity contribution is -0.137. The van der Waals surface area contributed by atoms with E-state index in [1.807, 2.05) is 0 Å². The molecule has 0 aliphatic rings. The lowest BCUT2D eigenvalue weighted by Gasteiger charge is -2.17. The molecule has 0 unspecified atom stereocenters. The number of benzene rings is 2. The zero-order valence-electron chi connectivity index (χ0n) is 13.4. The van der Waals surface area contributed by atoms with Crippen molar-refractivity contribution < 1.29 is 26.4 Å². The van der Waals surface area contributed by atoms with Gasteiger partial charge in [0, 0.05) is 17.8 Å². The number of rotatable bonds is 5. The van der Waals surface area contributed by atoms with Crippen molar-refractivity contribution in [3.8, 4) is 0 Å². The third-order valence-electron chi connectivity index (χ3n) is 3.38. The number of likely N-dealkylation sites (N-methyl/N-ethyl adjacent to an activating group) is 1. The van der Waals surface area contributed by atoms with Gasteiger partial charge in [-0.15, -0.1) is 0 Å². The molecule has 140 valence electrons. The standard InChI is InChI=1S/C16H14ClF3N2O3S/c1-22(26(24,25)14-8-4-12(17)5-9-14)10-15(23)21-13-6-2-11(3-7-13)16(18,19)20/h2-9H,10H2,1H3,(H,21,23). The summed E-state index contributed by atoms with van der Waals surface area (Å²) in [5, 5.41) is 2.72. The molecule has 1 amide bonds. The van der Waals surface area contributed by atoms with Crippen LogP contribution in [0.1, 0.15) is 5.56 Å². The van der Waals surface area contributed by atoms with E-state index in [1.54, 1.807) is 0 Å². The van der Waals surface area contributed by atoms with Crippen LogP contribution in [0.3, 0.4) is 0 Å². The molecule has 0 radical (unpaired) electrons. The number of carbonyl (C=O) groups excluding carboxylic acids is 1. The highest BCUT2D eigenvalue weighted by Crippen LogP contribution is 2.29. The van der Waals surface area contributed by atoms with Crippen molar-refractivity contribution >= 4 is 33.2 Å².